The Kier molecular flexibility index (Phi) is 2.29. The smallest absolute Gasteiger partial charge is 0.110 e. The van der Waals surface area contributed by atoms with Crippen LogP contribution in [-0.4, -0.2) is 5.04 Å². The highest BCUT2D eigenvalue weighted by Gasteiger charge is 2.03. The van der Waals surface area contributed by atoms with Crippen molar-refractivity contribution in [3.8, 4) is 0 Å². The third-order valence-corrected chi connectivity index (χ3v) is 2.41. The molecule has 0 aromatic heterocycles. The summed E-state index contributed by atoms with van der Waals surface area (Å²) < 4.78 is 0. The number of hydrogen-bond acceptors (Lipinski definition) is 4. The van der Waals surface area contributed by atoms with E-state index in [2.05, 4.69) is 16.5 Å². The normalized spacial score (nSPS) is 17.2. The molecule has 1 rings (SSSR count). The van der Waals surface area contributed by atoms with Gasteiger partial charge in [-0.3, -0.25) is 0 Å². The van der Waals surface area contributed by atoms with Gasteiger partial charge in [-0.1, -0.05) is 6.08 Å². The first-order chi connectivity index (χ1) is 3.93. The summed E-state index contributed by atoms with van der Waals surface area (Å²) in [6, 6.07) is 0. The fraction of sp³-hybridized carbons (Fsp3) is 0.250. The summed E-state index contributed by atoms with van der Waals surface area (Å²) in [4.78, 5) is 2.78. The second-order valence-electron chi connectivity index (χ2n) is 1.26. The molecular weight excluding hydrogens is 140 g/mol. The van der Waals surface area contributed by atoms with Gasteiger partial charge in [0, 0.05) is 17.4 Å². The molecule has 0 amide bonds. The van der Waals surface area contributed by atoms with Gasteiger partial charge < -0.3 is 0 Å². The number of nitrogens with one attached hydrogen (secondary N) is 1. The first-order valence-electron chi connectivity index (χ1n) is 2.19. The van der Waals surface area contributed by atoms with Gasteiger partial charge in [-0.15, -0.1) is 6.58 Å². The van der Waals surface area contributed by atoms with E-state index in [0.29, 0.717) is 0 Å². The molecule has 1 aliphatic heterocycles. The van der Waals surface area contributed by atoms with Crippen molar-refractivity contribution in [1.82, 2.24) is 4.83 Å². The van der Waals surface area contributed by atoms with Crippen LogP contribution in [0.1, 0.15) is 6.42 Å². The monoisotopic (exact) mass is 146 g/mol. The van der Waals surface area contributed by atoms with Crippen LogP contribution >= 0.6 is 21.8 Å². The van der Waals surface area contributed by atoms with Crippen LogP contribution in [0.4, 0.5) is 0 Å². The molecule has 0 bridgehead atoms. The minimum absolute atomic E-state index is 0.880. The lowest BCUT2D eigenvalue weighted by molar-refractivity contribution is 1.13. The fourth-order valence-corrected chi connectivity index (χ4v) is 1.79. The summed E-state index contributed by atoms with van der Waals surface area (Å²) >= 11 is 0. The number of hydrogen-bond donors (Lipinski definition) is 1. The Bertz CT molecular complexity index is 121. The third kappa shape index (κ3) is 1.45. The van der Waals surface area contributed by atoms with E-state index in [1.165, 1.54) is 11.0 Å². The minimum atomic E-state index is 0.880. The Morgan fingerprint density at radius 2 is 2.75 bits per heavy atom. The van der Waals surface area contributed by atoms with Crippen molar-refractivity contribution in [2.24, 2.45) is 5.10 Å². The summed E-state index contributed by atoms with van der Waals surface area (Å²) in [5, 5.41) is 5.05. The first-order valence-corrected chi connectivity index (χ1v) is 4.34. The molecule has 0 aromatic rings. The molecule has 0 saturated heterocycles. The molecule has 0 saturated carbocycles. The summed E-state index contributed by atoms with van der Waals surface area (Å²) in [5.41, 5.74) is 0. The van der Waals surface area contributed by atoms with Crippen LogP contribution in [0.15, 0.2) is 17.8 Å². The van der Waals surface area contributed by atoms with Crippen LogP contribution < -0.4 is 4.83 Å². The van der Waals surface area contributed by atoms with Gasteiger partial charge in [0.25, 0.3) is 0 Å². The molecular formula is C4H6N2S2. The second-order valence-corrected chi connectivity index (χ2v) is 3.24. The fourth-order valence-electron chi connectivity index (χ4n) is 0.358. The van der Waals surface area contributed by atoms with Crippen LogP contribution in [0, 0.1) is 0 Å². The van der Waals surface area contributed by atoms with E-state index in [1.54, 1.807) is 10.8 Å². The topological polar surface area (TPSA) is 24.4 Å². The quantitative estimate of drug-likeness (QED) is 0.365. The predicted octanol–water partition coefficient (Wildman–Crippen LogP) is 1.78. The molecule has 4 heteroatoms. The summed E-state index contributed by atoms with van der Waals surface area (Å²) in [6.07, 6.45) is 2.73. The third-order valence-electron chi connectivity index (χ3n) is 0.664. The molecule has 0 radical (unpaired) electrons. The molecule has 8 heavy (non-hydrogen) atoms. The van der Waals surface area contributed by atoms with Crippen molar-refractivity contribution in [3.63, 3.8) is 0 Å². The summed E-state index contributed by atoms with van der Waals surface area (Å²) in [5.74, 6) is 0. The molecule has 1 heterocycles. The molecule has 2 nitrogen and oxygen atoms in total. The average Bonchev–Trinajstić information content (AvgIpc) is 2.19. The zero-order chi connectivity index (χ0) is 5.82. The number of nitrogens with zero attached hydrogens (tertiary/aromatic N) is 1. The van der Waals surface area contributed by atoms with Gasteiger partial charge in [0.15, 0.2) is 0 Å². The van der Waals surface area contributed by atoms with Crippen molar-refractivity contribution in [3.05, 3.63) is 12.7 Å². The molecule has 1 N–H and O–H groups in total. The average molecular weight is 146 g/mol. The van der Waals surface area contributed by atoms with Gasteiger partial charge in [0.05, 0.1) is 0 Å². The molecule has 0 spiro atoms. The highest BCUT2D eigenvalue weighted by Crippen LogP contribution is 2.26. The lowest BCUT2D eigenvalue weighted by Crippen LogP contribution is -1.85. The Balaban J connectivity index is 2.33. The maximum Gasteiger partial charge on any atom is 0.110 e. The second kappa shape index (κ2) is 3.04. The summed E-state index contributed by atoms with van der Waals surface area (Å²) in [7, 11) is 3.19. The molecule has 0 atom stereocenters. The molecule has 1 aliphatic rings. The standard InChI is InChI=1S/C4H6N2S2/c1-2-3-4-5-6-8-7-4/h2,6H,1,3H2. The molecule has 0 aromatic carbocycles. The highest BCUT2D eigenvalue weighted by atomic mass is 33.1. The van der Waals surface area contributed by atoms with Crippen molar-refractivity contribution < 1.29 is 0 Å². The highest BCUT2D eigenvalue weighted by molar-refractivity contribution is 8.82. The molecule has 0 aliphatic carbocycles. The van der Waals surface area contributed by atoms with Crippen molar-refractivity contribution >= 4 is 26.8 Å². The zero-order valence-corrected chi connectivity index (χ0v) is 5.89. The Labute approximate surface area is 56.3 Å². The molecule has 44 valence electrons. The van der Waals surface area contributed by atoms with Gasteiger partial charge in [0.1, 0.15) is 5.04 Å². The van der Waals surface area contributed by atoms with Crippen LogP contribution in [0.5, 0.6) is 0 Å². The van der Waals surface area contributed by atoms with Crippen molar-refractivity contribution in [2.45, 2.75) is 6.42 Å². The van der Waals surface area contributed by atoms with Crippen LogP contribution in [-0.2, 0) is 0 Å². The largest absolute Gasteiger partial charge is 0.241 e. The maximum atomic E-state index is 3.95. The number of hydrazone groups is 1. The number of allylic oxidation sites excluding steroid dienone is 1. The SMILES string of the molecule is C=CCC1=NNSS1. The van der Waals surface area contributed by atoms with E-state index >= 15 is 0 Å². The maximum absolute atomic E-state index is 3.95. The Hall–Kier alpha value is -0.0900. The summed E-state index contributed by atoms with van der Waals surface area (Å²) in [6.45, 7) is 3.59. The van der Waals surface area contributed by atoms with Crippen LogP contribution in [0.25, 0.3) is 0 Å². The first kappa shape index (κ1) is 6.04. The Morgan fingerprint density at radius 3 is 3.25 bits per heavy atom. The predicted molar refractivity (Wildman–Crippen MR) is 40.6 cm³/mol. The van der Waals surface area contributed by atoms with Gasteiger partial charge >= 0.3 is 0 Å². The van der Waals surface area contributed by atoms with Gasteiger partial charge in [0.2, 0.25) is 0 Å². The molecule has 0 fully saturated rings. The van der Waals surface area contributed by atoms with Gasteiger partial charge in [-0.2, -0.15) is 5.10 Å². The van der Waals surface area contributed by atoms with E-state index in [0.717, 1.165) is 11.5 Å². The van der Waals surface area contributed by atoms with E-state index in [9.17, 15) is 0 Å². The molecule has 0 unspecified atom stereocenters. The van der Waals surface area contributed by atoms with Gasteiger partial charge in [-0.05, 0) is 10.8 Å². The van der Waals surface area contributed by atoms with E-state index in [1.807, 2.05) is 6.08 Å². The van der Waals surface area contributed by atoms with Crippen molar-refractivity contribution in [2.75, 3.05) is 0 Å². The lowest BCUT2D eigenvalue weighted by Gasteiger charge is -1.83. The van der Waals surface area contributed by atoms with E-state index in [4.69, 9.17) is 0 Å². The van der Waals surface area contributed by atoms with Crippen LogP contribution in [0.3, 0.4) is 0 Å². The minimum Gasteiger partial charge on any atom is -0.241 e. The lowest BCUT2D eigenvalue weighted by atomic mass is 10.5. The van der Waals surface area contributed by atoms with Crippen molar-refractivity contribution in [1.29, 1.82) is 0 Å². The Morgan fingerprint density at radius 1 is 1.88 bits per heavy atom. The number of rotatable bonds is 2. The zero-order valence-electron chi connectivity index (χ0n) is 4.26. The van der Waals surface area contributed by atoms with E-state index < -0.39 is 0 Å². The van der Waals surface area contributed by atoms with E-state index in [-0.39, 0.29) is 0 Å². The van der Waals surface area contributed by atoms with Crippen LogP contribution in [0.2, 0.25) is 0 Å². The van der Waals surface area contributed by atoms with Gasteiger partial charge in [-0.25, -0.2) is 4.83 Å².